The maximum Gasteiger partial charge on any atom is 0.126 e. The molecule has 0 unspecified atom stereocenters. The Morgan fingerprint density at radius 2 is 1.07 bits per heavy atom. The standard InChI is InChI=1S/C44H68O/c1-33(2)18-12-20-35(5)22-14-24-37(7)26-16-28-41-32-42-29-31-44(11,45-43(42)40(10)39(41)9)30-17-27-38(8)25-15-23-36(6)21-13-19-34(3)4/h18-19,22-23,26-27,32H,12-17,20-21,24-25,28-31H2,1-11H3/b35-22+,36-23+,37-26+,38-27+/t44-/m1/s1. The number of allylic oxidation sites excluding steroid dienone is 12. The Kier molecular flexibility index (Phi) is 17.1. The molecule has 1 nitrogen and oxygen atoms in total. The van der Waals surface area contributed by atoms with Crippen molar-refractivity contribution in [2.24, 2.45) is 0 Å². The minimum absolute atomic E-state index is 0.0811. The molecule has 0 saturated heterocycles. The van der Waals surface area contributed by atoms with Crippen LogP contribution in [0.1, 0.15) is 162 Å². The van der Waals surface area contributed by atoms with Crippen LogP contribution in [0.2, 0.25) is 0 Å². The third-order valence-electron chi connectivity index (χ3n) is 9.61. The van der Waals surface area contributed by atoms with Gasteiger partial charge in [-0.2, -0.15) is 0 Å². The predicted octanol–water partition coefficient (Wildman–Crippen LogP) is 13.9. The van der Waals surface area contributed by atoms with Crippen molar-refractivity contribution >= 4 is 0 Å². The van der Waals surface area contributed by atoms with Crippen molar-refractivity contribution in [1.29, 1.82) is 0 Å². The molecular weight excluding hydrogens is 544 g/mol. The molecule has 1 heteroatoms. The average Bonchev–Trinajstić information content (AvgIpc) is 2.95. The Balaban J connectivity index is 1.86. The van der Waals surface area contributed by atoms with Crippen LogP contribution in [-0.2, 0) is 12.8 Å². The summed E-state index contributed by atoms with van der Waals surface area (Å²) in [5.41, 5.74) is 14.5. The topological polar surface area (TPSA) is 9.23 Å². The summed E-state index contributed by atoms with van der Waals surface area (Å²) in [5.74, 6) is 1.16. The van der Waals surface area contributed by atoms with Gasteiger partial charge in [-0.25, -0.2) is 0 Å². The van der Waals surface area contributed by atoms with Gasteiger partial charge in [-0.1, -0.05) is 76.0 Å². The van der Waals surface area contributed by atoms with E-state index in [1.54, 1.807) is 0 Å². The van der Waals surface area contributed by atoms with Gasteiger partial charge in [0.2, 0.25) is 0 Å². The van der Waals surface area contributed by atoms with Gasteiger partial charge in [-0.05, 0) is 188 Å². The Labute approximate surface area is 279 Å². The van der Waals surface area contributed by atoms with E-state index >= 15 is 0 Å². The molecule has 0 saturated carbocycles. The van der Waals surface area contributed by atoms with E-state index in [1.165, 1.54) is 68.5 Å². The van der Waals surface area contributed by atoms with Gasteiger partial charge in [-0.3, -0.25) is 0 Å². The van der Waals surface area contributed by atoms with Crippen molar-refractivity contribution in [2.45, 2.75) is 172 Å². The molecule has 0 spiro atoms. The molecule has 0 N–H and O–H groups in total. The molecule has 0 aromatic heterocycles. The summed E-state index contributed by atoms with van der Waals surface area (Å²) in [6.45, 7) is 24.8. The lowest BCUT2D eigenvalue weighted by molar-refractivity contribution is 0.0562. The molecule has 1 heterocycles. The zero-order valence-corrected chi connectivity index (χ0v) is 31.3. The van der Waals surface area contributed by atoms with E-state index in [9.17, 15) is 0 Å². The second kappa shape index (κ2) is 19.9. The lowest BCUT2D eigenvalue weighted by Crippen LogP contribution is -2.36. The Hall–Kier alpha value is -2.54. The molecule has 1 aromatic rings. The molecule has 250 valence electrons. The molecule has 0 amide bonds. The number of rotatable bonds is 18. The Bertz CT molecular complexity index is 1270. The van der Waals surface area contributed by atoms with Gasteiger partial charge >= 0.3 is 0 Å². The van der Waals surface area contributed by atoms with Crippen molar-refractivity contribution in [2.75, 3.05) is 0 Å². The van der Waals surface area contributed by atoms with Crippen LogP contribution in [0, 0.1) is 13.8 Å². The van der Waals surface area contributed by atoms with Gasteiger partial charge in [0, 0.05) is 0 Å². The summed E-state index contributed by atoms with van der Waals surface area (Å²) in [6.07, 6.45) is 30.4. The average molecular weight is 613 g/mol. The molecule has 1 atom stereocenters. The molecule has 0 fully saturated rings. The third kappa shape index (κ3) is 15.1. The van der Waals surface area contributed by atoms with Crippen molar-refractivity contribution in [3.63, 3.8) is 0 Å². The van der Waals surface area contributed by atoms with E-state index in [1.807, 2.05) is 0 Å². The van der Waals surface area contributed by atoms with Gasteiger partial charge in [0.05, 0.1) is 0 Å². The number of ether oxygens (including phenoxy) is 1. The maximum atomic E-state index is 6.81. The van der Waals surface area contributed by atoms with Crippen molar-refractivity contribution < 1.29 is 4.74 Å². The highest BCUT2D eigenvalue weighted by Crippen LogP contribution is 2.40. The fourth-order valence-electron chi connectivity index (χ4n) is 6.27. The smallest absolute Gasteiger partial charge is 0.126 e. The fraction of sp³-hybridized carbons (Fsp3) is 0.591. The van der Waals surface area contributed by atoms with Crippen LogP contribution in [0.5, 0.6) is 5.75 Å². The number of hydrogen-bond acceptors (Lipinski definition) is 1. The van der Waals surface area contributed by atoms with Gasteiger partial charge in [-0.15, -0.1) is 0 Å². The molecule has 1 aliphatic rings. The second-order valence-corrected chi connectivity index (χ2v) is 14.8. The zero-order valence-electron chi connectivity index (χ0n) is 31.3. The highest BCUT2D eigenvalue weighted by atomic mass is 16.5. The van der Waals surface area contributed by atoms with E-state index in [0.29, 0.717) is 0 Å². The summed E-state index contributed by atoms with van der Waals surface area (Å²) < 4.78 is 6.81. The summed E-state index contributed by atoms with van der Waals surface area (Å²) in [7, 11) is 0. The lowest BCUT2D eigenvalue weighted by atomic mass is 9.85. The number of aryl methyl sites for hydroxylation is 2. The van der Waals surface area contributed by atoms with Crippen LogP contribution in [0.4, 0.5) is 0 Å². The monoisotopic (exact) mass is 613 g/mol. The van der Waals surface area contributed by atoms with Crippen molar-refractivity contribution in [1.82, 2.24) is 0 Å². The predicted molar refractivity (Wildman–Crippen MR) is 202 cm³/mol. The van der Waals surface area contributed by atoms with Crippen LogP contribution in [-0.4, -0.2) is 5.60 Å². The minimum Gasteiger partial charge on any atom is -0.487 e. The first-order chi connectivity index (χ1) is 21.3. The van der Waals surface area contributed by atoms with Crippen LogP contribution in [0.25, 0.3) is 0 Å². The highest BCUT2D eigenvalue weighted by molar-refractivity contribution is 5.51. The van der Waals surface area contributed by atoms with Crippen molar-refractivity contribution in [3.05, 3.63) is 98.2 Å². The van der Waals surface area contributed by atoms with Gasteiger partial charge < -0.3 is 4.74 Å². The quantitative estimate of drug-likeness (QED) is 0.150. The fourth-order valence-corrected chi connectivity index (χ4v) is 6.27. The molecule has 0 aliphatic carbocycles. The third-order valence-corrected chi connectivity index (χ3v) is 9.61. The largest absolute Gasteiger partial charge is 0.487 e. The van der Waals surface area contributed by atoms with Crippen LogP contribution >= 0.6 is 0 Å². The first kappa shape index (κ1) is 38.6. The Morgan fingerprint density at radius 3 is 1.56 bits per heavy atom. The van der Waals surface area contributed by atoms with Crippen LogP contribution in [0.3, 0.4) is 0 Å². The van der Waals surface area contributed by atoms with E-state index in [-0.39, 0.29) is 5.60 Å². The lowest BCUT2D eigenvalue weighted by Gasteiger charge is -2.37. The van der Waals surface area contributed by atoms with E-state index in [0.717, 1.165) is 82.8 Å². The molecule has 1 aromatic carbocycles. The maximum absolute atomic E-state index is 6.81. The number of benzene rings is 1. The SMILES string of the molecule is CC(C)=CCC/C(C)=C/CC/C(C)=C/CCc1cc2c(c(C)c1C)O[C@](C)(CC/C=C(\C)CC/C=C(\C)CCC=C(C)C)CC2. The summed E-state index contributed by atoms with van der Waals surface area (Å²) in [5, 5.41) is 0. The first-order valence-corrected chi connectivity index (χ1v) is 18.0. The molecule has 45 heavy (non-hydrogen) atoms. The highest BCUT2D eigenvalue weighted by Gasteiger charge is 2.32. The molecule has 0 radical (unpaired) electrons. The van der Waals surface area contributed by atoms with Gasteiger partial charge in [0.1, 0.15) is 11.4 Å². The van der Waals surface area contributed by atoms with Crippen molar-refractivity contribution in [3.8, 4) is 5.75 Å². The van der Waals surface area contributed by atoms with Crippen LogP contribution in [0.15, 0.2) is 76.0 Å². The normalized spacial score (nSPS) is 17.6. The van der Waals surface area contributed by atoms with E-state index < -0.39 is 0 Å². The van der Waals surface area contributed by atoms with Crippen LogP contribution < -0.4 is 4.74 Å². The van der Waals surface area contributed by atoms with E-state index in [4.69, 9.17) is 4.74 Å². The molecular formula is C44H68O. The van der Waals surface area contributed by atoms with Gasteiger partial charge in [0.25, 0.3) is 0 Å². The molecule has 1 aliphatic heterocycles. The minimum atomic E-state index is -0.0811. The molecule has 0 bridgehead atoms. The number of hydrogen-bond donors (Lipinski definition) is 0. The van der Waals surface area contributed by atoms with Gasteiger partial charge in [0.15, 0.2) is 0 Å². The molecule has 2 rings (SSSR count). The second-order valence-electron chi connectivity index (χ2n) is 14.8. The Morgan fingerprint density at radius 1 is 0.622 bits per heavy atom. The van der Waals surface area contributed by atoms with E-state index in [2.05, 4.69) is 119 Å². The first-order valence-electron chi connectivity index (χ1n) is 18.0. The zero-order chi connectivity index (χ0) is 33.4. The summed E-state index contributed by atoms with van der Waals surface area (Å²) in [6, 6.07) is 2.46. The summed E-state index contributed by atoms with van der Waals surface area (Å²) in [4.78, 5) is 0. The number of fused-ring (bicyclic) bond motifs is 1. The summed E-state index contributed by atoms with van der Waals surface area (Å²) >= 11 is 0.